The van der Waals surface area contributed by atoms with E-state index in [0.717, 1.165) is 10.2 Å². The summed E-state index contributed by atoms with van der Waals surface area (Å²) in [7, 11) is 0. The molecule has 0 unspecified atom stereocenters. The maximum absolute atomic E-state index is 2.39. The van der Waals surface area contributed by atoms with E-state index in [1.54, 1.807) is 0 Å². The van der Waals surface area contributed by atoms with E-state index in [0.29, 0.717) is 0 Å². The lowest BCUT2D eigenvalue weighted by Gasteiger charge is -2.52. The fraction of sp³-hybridized carbons (Fsp3) is 1.00. The summed E-state index contributed by atoms with van der Waals surface area (Å²) >= 11 is 2.14. The monoisotopic (exact) mass is 184 g/mol. The molecule has 3 aliphatic carbocycles. The van der Waals surface area contributed by atoms with Gasteiger partial charge in [0, 0.05) is 4.75 Å². The van der Waals surface area contributed by atoms with Gasteiger partial charge in [0.1, 0.15) is 0 Å². The van der Waals surface area contributed by atoms with Crippen molar-refractivity contribution in [1.82, 2.24) is 0 Å². The summed E-state index contributed by atoms with van der Waals surface area (Å²) in [5, 5.41) is 0. The Morgan fingerprint density at radius 2 is 1.50 bits per heavy atom. The van der Waals surface area contributed by atoms with E-state index in [9.17, 15) is 0 Å². The number of hydrogen-bond donors (Lipinski definition) is 0. The lowest BCUT2D eigenvalue weighted by Crippen LogP contribution is -2.43. The minimum Gasteiger partial charge on any atom is -0.159 e. The second-order valence-corrected chi connectivity index (χ2v) is 6.01. The summed E-state index contributed by atoms with van der Waals surface area (Å²) in [5.41, 5.74) is 0.789. The Morgan fingerprint density at radius 1 is 1.00 bits per heavy atom. The van der Waals surface area contributed by atoms with Crippen LogP contribution in [-0.4, -0.2) is 11.0 Å². The molecular weight excluding hydrogens is 164 g/mol. The summed E-state index contributed by atoms with van der Waals surface area (Å²) in [4.78, 5) is 0. The Kier molecular flexibility index (Phi) is 2.18. The molecule has 0 aromatic rings. The van der Waals surface area contributed by atoms with Crippen LogP contribution in [0.2, 0.25) is 0 Å². The van der Waals surface area contributed by atoms with Crippen molar-refractivity contribution >= 4 is 11.8 Å². The Labute approximate surface area is 80.5 Å². The first-order valence-electron chi connectivity index (χ1n) is 5.29. The second-order valence-electron chi connectivity index (χ2n) is 4.74. The molecule has 0 atom stereocenters. The predicted molar refractivity (Wildman–Crippen MR) is 56.7 cm³/mol. The van der Waals surface area contributed by atoms with Crippen LogP contribution in [-0.2, 0) is 0 Å². The molecule has 0 spiro atoms. The van der Waals surface area contributed by atoms with Crippen LogP contribution in [0.4, 0.5) is 0 Å². The zero-order valence-corrected chi connectivity index (χ0v) is 9.17. The molecule has 2 bridgehead atoms. The van der Waals surface area contributed by atoms with Crippen LogP contribution in [0.1, 0.15) is 51.9 Å². The highest BCUT2D eigenvalue weighted by Crippen LogP contribution is 2.58. The lowest BCUT2D eigenvalue weighted by atomic mass is 9.59. The minimum absolute atomic E-state index is 0.719. The largest absolute Gasteiger partial charge is 0.159 e. The van der Waals surface area contributed by atoms with E-state index >= 15 is 0 Å². The molecule has 70 valence electrons. The molecule has 12 heavy (non-hydrogen) atoms. The highest BCUT2D eigenvalue weighted by molar-refractivity contribution is 8.00. The topological polar surface area (TPSA) is 0 Å². The van der Waals surface area contributed by atoms with E-state index in [2.05, 4.69) is 24.9 Å². The molecule has 0 nitrogen and oxygen atoms in total. The van der Waals surface area contributed by atoms with E-state index in [4.69, 9.17) is 0 Å². The van der Waals surface area contributed by atoms with Crippen molar-refractivity contribution in [1.29, 1.82) is 0 Å². The highest BCUT2D eigenvalue weighted by Gasteiger charge is 2.46. The average Bonchev–Trinajstić information content (AvgIpc) is 2.21. The molecule has 0 saturated heterocycles. The van der Waals surface area contributed by atoms with Crippen molar-refractivity contribution in [2.75, 3.05) is 6.26 Å². The third kappa shape index (κ3) is 1.21. The second kappa shape index (κ2) is 2.94. The fourth-order valence-electron chi connectivity index (χ4n) is 3.07. The van der Waals surface area contributed by atoms with Crippen molar-refractivity contribution in [3.05, 3.63) is 0 Å². The number of thioether (sulfide) groups is 1. The fourth-order valence-corrected chi connectivity index (χ4v) is 3.98. The molecule has 3 fully saturated rings. The lowest BCUT2D eigenvalue weighted by molar-refractivity contribution is 0.0789. The van der Waals surface area contributed by atoms with Gasteiger partial charge in [-0.1, -0.05) is 13.3 Å². The summed E-state index contributed by atoms with van der Waals surface area (Å²) in [6.07, 6.45) is 12.8. The van der Waals surface area contributed by atoms with Crippen molar-refractivity contribution in [3.63, 3.8) is 0 Å². The third-order valence-electron chi connectivity index (χ3n) is 4.52. The SMILES string of the molecule is CCC12CCC(SC)(CC1)CC2. The molecule has 0 radical (unpaired) electrons. The van der Waals surface area contributed by atoms with Gasteiger partial charge in [0.15, 0.2) is 0 Å². The Hall–Kier alpha value is 0.350. The van der Waals surface area contributed by atoms with Crippen LogP contribution < -0.4 is 0 Å². The van der Waals surface area contributed by atoms with Gasteiger partial charge in [0.05, 0.1) is 0 Å². The molecule has 3 aliphatic rings. The molecule has 3 rings (SSSR count). The van der Waals surface area contributed by atoms with Gasteiger partial charge < -0.3 is 0 Å². The molecule has 0 aliphatic heterocycles. The van der Waals surface area contributed by atoms with Crippen LogP contribution in [0, 0.1) is 5.41 Å². The maximum atomic E-state index is 2.39. The summed E-state index contributed by atoms with van der Waals surface area (Å²) < 4.78 is 0.719. The Bertz CT molecular complexity index is 129. The number of hydrogen-bond acceptors (Lipinski definition) is 1. The van der Waals surface area contributed by atoms with Gasteiger partial charge in [-0.05, 0) is 50.2 Å². The molecule has 0 amide bonds. The Balaban J connectivity index is 2.09. The van der Waals surface area contributed by atoms with Crippen molar-refractivity contribution < 1.29 is 0 Å². The first kappa shape index (κ1) is 8.93. The molecular formula is C11H20S. The summed E-state index contributed by atoms with van der Waals surface area (Å²) in [6, 6.07) is 0. The van der Waals surface area contributed by atoms with E-state index in [1.165, 1.54) is 44.9 Å². The molecule has 1 heteroatoms. The zero-order chi connectivity index (χ0) is 8.66. The van der Waals surface area contributed by atoms with E-state index in [-0.39, 0.29) is 0 Å². The van der Waals surface area contributed by atoms with Gasteiger partial charge in [-0.15, -0.1) is 0 Å². The minimum atomic E-state index is 0.719. The van der Waals surface area contributed by atoms with Crippen molar-refractivity contribution in [2.45, 2.75) is 56.6 Å². The van der Waals surface area contributed by atoms with Crippen LogP contribution in [0.15, 0.2) is 0 Å². The first-order valence-corrected chi connectivity index (χ1v) is 6.52. The number of fused-ring (bicyclic) bond motifs is 3. The van der Waals surface area contributed by atoms with Gasteiger partial charge >= 0.3 is 0 Å². The normalized spacial score (nSPS) is 46.5. The van der Waals surface area contributed by atoms with Gasteiger partial charge in [0.25, 0.3) is 0 Å². The van der Waals surface area contributed by atoms with E-state index in [1.807, 2.05) is 0 Å². The van der Waals surface area contributed by atoms with Crippen LogP contribution in [0.5, 0.6) is 0 Å². The quantitative estimate of drug-likeness (QED) is 0.628. The zero-order valence-electron chi connectivity index (χ0n) is 8.36. The summed E-state index contributed by atoms with van der Waals surface area (Å²) in [5.74, 6) is 0. The standard InChI is InChI=1S/C11H20S/c1-3-10-4-7-11(12-2,8-5-10)9-6-10/h3-9H2,1-2H3. The van der Waals surface area contributed by atoms with Crippen LogP contribution in [0.25, 0.3) is 0 Å². The predicted octanol–water partition coefficient (Wildman–Crippen LogP) is 3.85. The third-order valence-corrected chi connectivity index (χ3v) is 5.99. The molecule has 0 aromatic heterocycles. The smallest absolute Gasteiger partial charge is 0.0158 e. The Morgan fingerprint density at radius 3 is 1.83 bits per heavy atom. The molecule has 0 N–H and O–H groups in total. The average molecular weight is 184 g/mol. The van der Waals surface area contributed by atoms with Gasteiger partial charge in [-0.2, -0.15) is 11.8 Å². The summed E-state index contributed by atoms with van der Waals surface area (Å²) in [6.45, 7) is 2.39. The number of rotatable bonds is 2. The first-order chi connectivity index (χ1) is 5.74. The maximum Gasteiger partial charge on any atom is 0.0158 e. The molecule has 3 saturated carbocycles. The van der Waals surface area contributed by atoms with E-state index < -0.39 is 0 Å². The van der Waals surface area contributed by atoms with Gasteiger partial charge in [0.2, 0.25) is 0 Å². The molecule has 0 heterocycles. The van der Waals surface area contributed by atoms with Gasteiger partial charge in [-0.25, -0.2) is 0 Å². The molecule has 0 aromatic carbocycles. The van der Waals surface area contributed by atoms with Crippen molar-refractivity contribution in [2.24, 2.45) is 5.41 Å². The van der Waals surface area contributed by atoms with Crippen LogP contribution >= 0.6 is 11.8 Å². The van der Waals surface area contributed by atoms with Crippen LogP contribution in [0.3, 0.4) is 0 Å². The highest BCUT2D eigenvalue weighted by atomic mass is 32.2. The van der Waals surface area contributed by atoms with Crippen molar-refractivity contribution in [3.8, 4) is 0 Å². The van der Waals surface area contributed by atoms with Gasteiger partial charge in [-0.3, -0.25) is 0 Å².